The number of piperidine rings is 1. The molecule has 2 saturated heterocycles. The van der Waals surface area contributed by atoms with E-state index in [0.29, 0.717) is 5.92 Å². The van der Waals surface area contributed by atoms with Gasteiger partial charge in [-0.1, -0.05) is 12.1 Å². The number of nitrogens with one attached hydrogen (secondary N) is 1. The highest BCUT2D eigenvalue weighted by Gasteiger charge is 2.30. The first-order valence-corrected chi connectivity index (χ1v) is 7.24. The Kier molecular flexibility index (Phi) is 4.40. The van der Waals surface area contributed by atoms with E-state index in [1.807, 2.05) is 24.3 Å². The Morgan fingerprint density at radius 3 is 2.55 bits per heavy atom. The number of ether oxygens (including phenoxy) is 3. The molecule has 1 aromatic carbocycles. The molecule has 3 rings (SSSR count). The van der Waals surface area contributed by atoms with Gasteiger partial charge in [0.1, 0.15) is 5.75 Å². The quantitative estimate of drug-likeness (QED) is 0.913. The molecule has 1 aromatic rings. The summed E-state index contributed by atoms with van der Waals surface area (Å²) in [6.45, 7) is 3.46. The van der Waals surface area contributed by atoms with Gasteiger partial charge in [-0.25, -0.2) is 5.01 Å². The van der Waals surface area contributed by atoms with E-state index in [-0.39, 0.29) is 6.29 Å². The van der Waals surface area contributed by atoms with E-state index in [1.54, 1.807) is 7.11 Å². The first kappa shape index (κ1) is 13.7. The average molecular weight is 278 g/mol. The molecule has 5 nitrogen and oxygen atoms in total. The molecule has 2 heterocycles. The highest BCUT2D eigenvalue weighted by molar-refractivity contribution is 5.55. The van der Waals surface area contributed by atoms with Crippen molar-refractivity contribution in [2.75, 3.05) is 38.8 Å². The largest absolute Gasteiger partial charge is 0.495 e. The molecular formula is C15H22N2O3. The number of rotatable bonds is 4. The minimum Gasteiger partial charge on any atom is -0.495 e. The monoisotopic (exact) mass is 278 g/mol. The molecule has 0 radical (unpaired) electrons. The molecule has 20 heavy (non-hydrogen) atoms. The lowest BCUT2D eigenvalue weighted by Gasteiger charge is -2.34. The Morgan fingerprint density at radius 2 is 1.85 bits per heavy atom. The van der Waals surface area contributed by atoms with Gasteiger partial charge in [-0.2, -0.15) is 0 Å². The molecular weight excluding hydrogens is 256 g/mol. The maximum Gasteiger partial charge on any atom is 0.160 e. The Labute approximate surface area is 119 Å². The molecule has 2 fully saturated rings. The lowest BCUT2D eigenvalue weighted by Crippen LogP contribution is -2.41. The second-order valence-electron chi connectivity index (χ2n) is 5.25. The summed E-state index contributed by atoms with van der Waals surface area (Å²) >= 11 is 0. The van der Waals surface area contributed by atoms with Crippen LogP contribution in [-0.2, 0) is 9.47 Å². The third-order valence-corrected chi connectivity index (χ3v) is 3.96. The van der Waals surface area contributed by atoms with E-state index in [9.17, 15) is 0 Å². The average Bonchev–Trinajstić information content (AvgIpc) is 3.03. The van der Waals surface area contributed by atoms with Crippen LogP contribution in [0.4, 0.5) is 5.69 Å². The summed E-state index contributed by atoms with van der Waals surface area (Å²) in [7, 11) is 1.70. The van der Waals surface area contributed by atoms with E-state index in [4.69, 9.17) is 14.2 Å². The number of benzene rings is 1. The molecule has 2 aliphatic rings. The maximum absolute atomic E-state index is 5.60. The van der Waals surface area contributed by atoms with Crippen LogP contribution < -0.4 is 10.2 Å². The lowest BCUT2D eigenvalue weighted by atomic mass is 9.97. The minimum atomic E-state index is 0.0170. The normalized spacial score (nSPS) is 22.1. The van der Waals surface area contributed by atoms with Crippen molar-refractivity contribution >= 4 is 5.69 Å². The van der Waals surface area contributed by atoms with Crippen molar-refractivity contribution in [3.8, 4) is 5.75 Å². The van der Waals surface area contributed by atoms with Crippen LogP contribution >= 0.6 is 0 Å². The summed E-state index contributed by atoms with van der Waals surface area (Å²) in [5.41, 5.74) is 4.45. The van der Waals surface area contributed by atoms with Crippen molar-refractivity contribution in [1.82, 2.24) is 5.01 Å². The predicted octanol–water partition coefficient (Wildman–Crippen LogP) is 2.11. The Morgan fingerprint density at radius 1 is 1.15 bits per heavy atom. The zero-order chi connectivity index (χ0) is 13.8. The van der Waals surface area contributed by atoms with Gasteiger partial charge in [0.2, 0.25) is 0 Å². The van der Waals surface area contributed by atoms with E-state index < -0.39 is 0 Å². The highest BCUT2D eigenvalue weighted by Crippen LogP contribution is 2.28. The standard InChI is InChI=1S/C15H22N2O3/c1-18-14-5-3-2-4-13(14)16-17-8-6-12(7-9-17)15-19-10-11-20-15/h2-5,12,15-16H,6-11H2,1H3. The van der Waals surface area contributed by atoms with Gasteiger partial charge in [0.15, 0.2) is 6.29 Å². The molecule has 0 spiro atoms. The summed E-state index contributed by atoms with van der Waals surface area (Å²) < 4.78 is 16.6. The third-order valence-electron chi connectivity index (χ3n) is 3.96. The lowest BCUT2D eigenvalue weighted by molar-refractivity contribution is -0.0962. The van der Waals surface area contributed by atoms with Gasteiger partial charge in [-0.05, 0) is 25.0 Å². The van der Waals surface area contributed by atoms with E-state index in [2.05, 4.69) is 10.4 Å². The molecule has 5 heteroatoms. The first-order valence-electron chi connectivity index (χ1n) is 7.24. The van der Waals surface area contributed by atoms with Crippen LogP contribution in [0.25, 0.3) is 0 Å². The van der Waals surface area contributed by atoms with Crippen LogP contribution in [0.1, 0.15) is 12.8 Å². The van der Waals surface area contributed by atoms with Crippen LogP contribution in [0.5, 0.6) is 5.75 Å². The number of para-hydroxylation sites is 2. The minimum absolute atomic E-state index is 0.0170. The van der Waals surface area contributed by atoms with Crippen molar-refractivity contribution in [2.24, 2.45) is 5.92 Å². The molecule has 0 unspecified atom stereocenters. The number of anilines is 1. The molecule has 110 valence electrons. The van der Waals surface area contributed by atoms with Gasteiger partial charge in [0.05, 0.1) is 26.0 Å². The summed E-state index contributed by atoms with van der Waals surface area (Å²) in [5.74, 6) is 1.39. The third kappa shape index (κ3) is 3.06. The van der Waals surface area contributed by atoms with Gasteiger partial charge in [0, 0.05) is 19.0 Å². The predicted molar refractivity (Wildman–Crippen MR) is 76.6 cm³/mol. The SMILES string of the molecule is COc1ccccc1NN1CCC(C2OCCO2)CC1. The van der Waals surface area contributed by atoms with Crippen LogP contribution in [0.15, 0.2) is 24.3 Å². The van der Waals surface area contributed by atoms with E-state index in [1.165, 1.54) is 0 Å². The number of hydrogen-bond acceptors (Lipinski definition) is 5. The van der Waals surface area contributed by atoms with Gasteiger partial charge in [-0.3, -0.25) is 0 Å². The summed E-state index contributed by atoms with van der Waals surface area (Å²) in [5, 5.41) is 2.24. The zero-order valence-corrected chi connectivity index (χ0v) is 11.9. The fraction of sp³-hybridized carbons (Fsp3) is 0.600. The molecule has 0 aliphatic carbocycles. The second kappa shape index (κ2) is 6.43. The van der Waals surface area contributed by atoms with E-state index in [0.717, 1.165) is 50.6 Å². The van der Waals surface area contributed by atoms with Crippen molar-refractivity contribution in [3.63, 3.8) is 0 Å². The topological polar surface area (TPSA) is 43.0 Å². The second-order valence-corrected chi connectivity index (χ2v) is 5.25. The van der Waals surface area contributed by atoms with Gasteiger partial charge >= 0.3 is 0 Å². The van der Waals surface area contributed by atoms with Crippen molar-refractivity contribution in [2.45, 2.75) is 19.1 Å². The number of hydrazine groups is 1. The van der Waals surface area contributed by atoms with Crippen LogP contribution in [0.3, 0.4) is 0 Å². The van der Waals surface area contributed by atoms with Crippen LogP contribution in [0, 0.1) is 5.92 Å². The Balaban J connectivity index is 1.53. The smallest absolute Gasteiger partial charge is 0.160 e. The number of methoxy groups -OCH3 is 1. The van der Waals surface area contributed by atoms with Gasteiger partial charge < -0.3 is 19.6 Å². The summed E-state index contributed by atoms with van der Waals surface area (Å²) in [6, 6.07) is 7.99. The van der Waals surface area contributed by atoms with Gasteiger partial charge in [-0.15, -0.1) is 0 Å². The van der Waals surface area contributed by atoms with E-state index >= 15 is 0 Å². The zero-order valence-electron chi connectivity index (χ0n) is 11.9. The molecule has 0 saturated carbocycles. The number of hydrogen-bond donors (Lipinski definition) is 1. The Bertz CT molecular complexity index is 427. The first-order chi connectivity index (χ1) is 9.86. The maximum atomic E-state index is 5.60. The molecule has 2 aliphatic heterocycles. The fourth-order valence-corrected chi connectivity index (χ4v) is 2.84. The molecule has 1 N–H and O–H groups in total. The molecule has 0 aromatic heterocycles. The fourth-order valence-electron chi connectivity index (χ4n) is 2.84. The number of nitrogens with zero attached hydrogens (tertiary/aromatic N) is 1. The van der Waals surface area contributed by atoms with Crippen molar-refractivity contribution < 1.29 is 14.2 Å². The van der Waals surface area contributed by atoms with Crippen LogP contribution in [-0.4, -0.2) is 44.7 Å². The van der Waals surface area contributed by atoms with Crippen molar-refractivity contribution in [1.29, 1.82) is 0 Å². The van der Waals surface area contributed by atoms with Crippen molar-refractivity contribution in [3.05, 3.63) is 24.3 Å². The summed E-state index contributed by atoms with van der Waals surface area (Å²) in [6.07, 6.45) is 2.20. The van der Waals surface area contributed by atoms with Crippen LogP contribution in [0.2, 0.25) is 0 Å². The molecule has 0 amide bonds. The van der Waals surface area contributed by atoms with Gasteiger partial charge in [0.25, 0.3) is 0 Å². The Hall–Kier alpha value is -1.30. The molecule has 0 atom stereocenters. The molecule has 0 bridgehead atoms. The summed E-state index contributed by atoms with van der Waals surface area (Å²) in [4.78, 5) is 0. The highest BCUT2D eigenvalue weighted by atomic mass is 16.7.